The first-order valence-corrected chi connectivity index (χ1v) is 8.15. The second-order valence-electron chi connectivity index (χ2n) is 6.28. The highest BCUT2D eigenvalue weighted by molar-refractivity contribution is 5.74. The molecule has 2 heterocycles. The van der Waals surface area contributed by atoms with Gasteiger partial charge in [-0.15, -0.1) is 5.10 Å². The van der Waals surface area contributed by atoms with Gasteiger partial charge in [-0.2, -0.15) is 0 Å². The average molecular weight is 313 g/mol. The van der Waals surface area contributed by atoms with Crippen LogP contribution in [-0.4, -0.2) is 39.0 Å². The molecule has 1 N–H and O–H groups in total. The Morgan fingerprint density at radius 3 is 2.57 bits per heavy atom. The molecule has 2 amide bonds. The summed E-state index contributed by atoms with van der Waals surface area (Å²) in [7, 11) is 0. The first kappa shape index (κ1) is 15.5. The van der Waals surface area contributed by atoms with Gasteiger partial charge in [-0.05, 0) is 43.4 Å². The lowest BCUT2D eigenvalue weighted by Gasteiger charge is -2.31. The minimum absolute atomic E-state index is 0.0216. The van der Waals surface area contributed by atoms with Crippen LogP contribution in [0.2, 0.25) is 0 Å². The van der Waals surface area contributed by atoms with E-state index in [1.165, 1.54) is 0 Å². The molecule has 0 radical (unpaired) electrons. The van der Waals surface area contributed by atoms with Gasteiger partial charge in [-0.3, -0.25) is 0 Å². The fourth-order valence-electron chi connectivity index (χ4n) is 2.83. The molecule has 1 aromatic heterocycles. The number of nitrogens with zero attached hydrogens (tertiary/aromatic N) is 4. The number of rotatable bonds is 3. The first-order chi connectivity index (χ1) is 11.1. The molecule has 0 bridgehead atoms. The van der Waals surface area contributed by atoms with Crippen LogP contribution in [-0.2, 0) is 0 Å². The zero-order valence-corrected chi connectivity index (χ0v) is 13.6. The molecule has 6 nitrogen and oxygen atoms in total. The Labute approximate surface area is 136 Å². The largest absolute Gasteiger partial charge is 0.331 e. The standard InChI is InChI=1S/C17H23N5O/c1-13-7-10-21(11-8-13)17(23)19-14(2)15-3-5-16(6-4-15)22-12-9-18-20-22/h3-6,9,12-14H,7-8,10-11H2,1-2H3,(H,19,23)/t14-/m0/s1. The highest BCUT2D eigenvalue weighted by Gasteiger charge is 2.21. The SMILES string of the molecule is CC1CCN(C(=O)N[C@@H](C)c2ccc(-n3ccnn3)cc2)CC1. The number of likely N-dealkylation sites (tertiary alicyclic amines) is 1. The topological polar surface area (TPSA) is 63.1 Å². The number of hydrogen-bond donors (Lipinski definition) is 1. The number of carbonyl (C=O) groups excluding carboxylic acids is 1. The van der Waals surface area contributed by atoms with E-state index in [1.807, 2.05) is 36.1 Å². The number of carbonyl (C=O) groups is 1. The van der Waals surface area contributed by atoms with E-state index in [-0.39, 0.29) is 12.1 Å². The van der Waals surface area contributed by atoms with E-state index in [0.29, 0.717) is 0 Å². The number of benzene rings is 1. The van der Waals surface area contributed by atoms with Crippen molar-refractivity contribution in [2.75, 3.05) is 13.1 Å². The van der Waals surface area contributed by atoms with Gasteiger partial charge in [0.2, 0.25) is 0 Å². The maximum Gasteiger partial charge on any atom is 0.317 e. The summed E-state index contributed by atoms with van der Waals surface area (Å²) in [6, 6.07) is 8.00. The highest BCUT2D eigenvalue weighted by atomic mass is 16.2. The van der Waals surface area contributed by atoms with Crippen molar-refractivity contribution in [2.24, 2.45) is 5.92 Å². The lowest BCUT2D eigenvalue weighted by molar-refractivity contribution is 0.171. The Morgan fingerprint density at radius 1 is 1.26 bits per heavy atom. The number of hydrogen-bond acceptors (Lipinski definition) is 3. The van der Waals surface area contributed by atoms with Crippen LogP contribution in [0.5, 0.6) is 0 Å². The summed E-state index contributed by atoms with van der Waals surface area (Å²) in [6.07, 6.45) is 5.64. The van der Waals surface area contributed by atoms with Gasteiger partial charge in [-0.25, -0.2) is 9.48 Å². The molecule has 1 aliphatic rings. The molecule has 0 saturated carbocycles. The van der Waals surface area contributed by atoms with E-state index < -0.39 is 0 Å². The van der Waals surface area contributed by atoms with Crippen LogP contribution in [0.15, 0.2) is 36.7 Å². The third-order valence-corrected chi connectivity index (χ3v) is 4.49. The minimum atomic E-state index is -0.0216. The summed E-state index contributed by atoms with van der Waals surface area (Å²) in [4.78, 5) is 14.3. The van der Waals surface area contributed by atoms with Gasteiger partial charge in [-0.1, -0.05) is 24.3 Å². The van der Waals surface area contributed by atoms with Gasteiger partial charge in [0.15, 0.2) is 0 Å². The zero-order chi connectivity index (χ0) is 16.2. The third kappa shape index (κ3) is 3.70. The van der Waals surface area contributed by atoms with Gasteiger partial charge in [0.1, 0.15) is 0 Å². The van der Waals surface area contributed by atoms with Crippen molar-refractivity contribution in [3.05, 3.63) is 42.2 Å². The smallest absolute Gasteiger partial charge is 0.317 e. The number of piperidine rings is 1. The lowest BCUT2D eigenvalue weighted by Crippen LogP contribution is -2.44. The van der Waals surface area contributed by atoms with Crippen LogP contribution in [0.3, 0.4) is 0 Å². The van der Waals surface area contributed by atoms with Crippen LogP contribution in [0.1, 0.15) is 38.3 Å². The summed E-state index contributed by atoms with van der Waals surface area (Å²) in [5.74, 6) is 0.723. The second kappa shape index (κ2) is 6.81. The number of amides is 2. The molecule has 1 saturated heterocycles. The Morgan fingerprint density at radius 2 is 1.96 bits per heavy atom. The molecule has 3 rings (SSSR count). The quantitative estimate of drug-likeness (QED) is 0.947. The normalized spacial score (nSPS) is 17.0. The van der Waals surface area contributed by atoms with E-state index in [2.05, 4.69) is 22.6 Å². The molecule has 1 atom stereocenters. The van der Waals surface area contributed by atoms with Crippen LogP contribution >= 0.6 is 0 Å². The number of aromatic nitrogens is 3. The predicted octanol–water partition coefficient (Wildman–Crippen LogP) is 2.77. The van der Waals surface area contributed by atoms with E-state index in [4.69, 9.17) is 0 Å². The van der Waals surface area contributed by atoms with E-state index >= 15 is 0 Å². The highest BCUT2D eigenvalue weighted by Crippen LogP contribution is 2.18. The summed E-state index contributed by atoms with van der Waals surface area (Å²) in [6.45, 7) is 5.96. The Hall–Kier alpha value is -2.37. The molecule has 1 aromatic carbocycles. The number of urea groups is 1. The van der Waals surface area contributed by atoms with E-state index in [9.17, 15) is 4.79 Å². The minimum Gasteiger partial charge on any atom is -0.331 e. The van der Waals surface area contributed by atoms with Crippen molar-refractivity contribution < 1.29 is 4.79 Å². The Kier molecular flexibility index (Phi) is 4.60. The third-order valence-electron chi connectivity index (χ3n) is 4.49. The molecular weight excluding hydrogens is 290 g/mol. The molecule has 1 fully saturated rings. The molecule has 2 aromatic rings. The van der Waals surface area contributed by atoms with Crippen molar-refractivity contribution in [3.8, 4) is 5.69 Å². The zero-order valence-electron chi connectivity index (χ0n) is 13.6. The van der Waals surface area contributed by atoms with Gasteiger partial charge < -0.3 is 10.2 Å². The van der Waals surface area contributed by atoms with Gasteiger partial charge in [0.25, 0.3) is 0 Å². The fraction of sp³-hybridized carbons (Fsp3) is 0.471. The van der Waals surface area contributed by atoms with Gasteiger partial charge >= 0.3 is 6.03 Å². The number of nitrogens with one attached hydrogen (secondary N) is 1. The molecule has 23 heavy (non-hydrogen) atoms. The lowest BCUT2D eigenvalue weighted by atomic mass is 9.99. The second-order valence-corrected chi connectivity index (χ2v) is 6.28. The molecule has 0 spiro atoms. The van der Waals surface area contributed by atoms with Crippen LogP contribution < -0.4 is 5.32 Å². The van der Waals surface area contributed by atoms with Gasteiger partial charge in [0.05, 0.1) is 24.1 Å². The summed E-state index contributed by atoms with van der Waals surface area (Å²) >= 11 is 0. The molecule has 1 aliphatic heterocycles. The molecular formula is C17H23N5O. The maximum absolute atomic E-state index is 12.3. The Bertz CT molecular complexity index is 630. The van der Waals surface area contributed by atoms with Crippen molar-refractivity contribution >= 4 is 6.03 Å². The average Bonchev–Trinajstić information content (AvgIpc) is 3.10. The van der Waals surface area contributed by atoms with Crippen molar-refractivity contribution in [1.29, 1.82) is 0 Å². The summed E-state index contributed by atoms with van der Waals surface area (Å²) in [5.41, 5.74) is 2.03. The van der Waals surface area contributed by atoms with Crippen molar-refractivity contribution in [2.45, 2.75) is 32.7 Å². The van der Waals surface area contributed by atoms with E-state index in [0.717, 1.165) is 43.1 Å². The van der Waals surface area contributed by atoms with Crippen molar-refractivity contribution in [1.82, 2.24) is 25.2 Å². The van der Waals surface area contributed by atoms with Crippen LogP contribution in [0, 0.1) is 5.92 Å². The van der Waals surface area contributed by atoms with Crippen LogP contribution in [0.4, 0.5) is 4.79 Å². The molecule has 6 heteroatoms. The monoisotopic (exact) mass is 313 g/mol. The maximum atomic E-state index is 12.3. The fourth-order valence-corrected chi connectivity index (χ4v) is 2.83. The summed E-state index contributed by atoms with van der Waals surface area (Å²) in [5, 5.41) is 10.9. The van der Waals surface area contributed by atoms with Gasteiger partial charge in [0, 0.05) is 13.1 Å². The Balaban J connectivity index is 1.59. The summed E-state index contributed by atoms with van der Waals surface area (Å²) < 4.78 is 1.71. The molecule has 0 unspecified atom stereocenters. The molecule has 122 valence electrons. The first-order valence-electron chi connectivity index (χ1n) is 8.15. The predicted molar refractivity (Wildman–Crippen MR) is 88.3 cm³/mol. The van der Waals surface area contributed by atoms with E-state index in [1.54, 1.807) is 17.1 Å². The van der Waals surface area contributed by atoms with Crippen LogP contribution in [0.25, 0.3) is 5.69 Å². The van der Waals surface area contributed by atoms with Crippen molar-refractivity contribution in [3.63, 3.8) is 0 Å². The molecule has 0 aliphatic carbocycles.